The number of carbonyl (C=O) groups is 1. The monoisotopic (exact) mass is 596 g/mol. The summed E-state index contributed by atoms with van der Waals surface area (Å²) >= 11 is 3.08. The fourth-order valence-electron chi connectivity index (χ4n) is 4.14. The molecule has 0 aliphatic rings. The van der Waals surface area contributed by atoms with Crippen molar-refractivity contribution in [3.63, 3.8) is 0 Å². The standard InChI is InChI=1S/C17H17NO2S.C17H15NO2S/c2*1-12(19)6-7-13-8-10-14(11-9-13)20-17-18-15-4-2-3-5-16(15)21-17/h2-5,8-12,19H,6-7H2,1H3;2-5,8-11H,6-7H2,1H3. The number of thiazole rings is 2. The molecule has 4 aromatic carbocycles. The van der Waals surface area contributed by atoms with E-state index in [1.807, 2.05) is 104 Å². The normalized spacial score (nSPS) is 11.6. The first-order valence-electron chi connectivity index (χ1n) is 13.8. The van der Waals surface area contributed by atoms with Crippen molar-refractivity contribution in [1.29, 1.82) is 0 Å². The van der Waals surface area contributed by atoms with E-state index in [2.05, 4.69) is 9.97 Å². The van der Waals surface area contributed by atoms with E-state index in [-0.39, 0.29) is 11.9 Å². The SMILES string of the molecule is CC(=O)CCc1ccc(Oc2nc3ccccc3s2)cc1.CC(O)CCc1ccc(Oc2nc3ccccc3s2)cc1. The summed E-state index contributed by atoms with van der Waals surface area (Å²) in [4.78, 5) is 19.9. The predicted molar refractivity (Wildman–Crippen MR) is 171 cm³/mol. The van der Waals surface area contributed by atoms with Crippen molar-refractivity contribution in [2.75, 3.05) is 0 Å². The van der Waals surface area contributed by atoms with Crippen LogP contribution >= 0.6 is 22.7 Å². The molecule has 0 aliphatic heterocycles. The van der Waals surface area contributed by atoms with E-state index in [9.17, 15) is 9.90 Å². The lowest BCUT2D eigenvalue weighted by Gasteiger charge is -2.05. The van der Waals surface area contributed by atoms with Gasteiger partial charge >= 0.3 is 0 Å². The van der Waals surface area contributed by atoms with Gasteiger partial charge in [-0.3, -0.25) is 0 Å². The molecule has 2 aromatic heterocycles. The lowest BCUT2D eigenvalue weighted by atomic mass is 10.1. The average molecular weight is 597 g/mol. The van der Waals surface area contributed by atoms with E-state index in [0.29, 0.717) is 16.8 Å². The van der Waals surface area contributed by atoms with Gasteiger partial charge in [0.15, 0.2) is 0 Å². The molecule has 0 bridgehead atoms. The van der Waals surface area contributed by atoms with E-state index in [0.717, 1.165) is 56.8 Å². The van der Waals surface area contributed by atoms with Crippen LogP contribution in [0.25, 0.3) is 20.4 Å². The number of benzene rings is 4. The minimum absolute atomic E-state index is 0.213. The quantitative estimate of drug-likeness (QED) is 0.170. The van der Waals surface area contributed by atoms with Gasteiger partial charge in [0, 0.05) is 6.42 Å². The second-order valence-corrected chi connectivity index (χ2v) is 12.0. The Bertz CT molecular complexity index is 1680. The number of nitrogens with zero attached hydrogens (tertiary/aromatic N) is 2. The lowest BCUT2D eigenvalue weighted by Crippen LogP contribution is -2.01. The van der Waals surface area contributed by atoms with Gasteiger partial charge in [-0.05, 0) is 92.8 Å². The van der Waals surface area contributed by atoms with Gasteiger partial charge in [0.1, 0.15) is 17.3 Å². The third-order valence-corrected chi connectivity index (χ3v) is 8.25. The molecule has 6 rings (SSSR count). The Morgan fingerprint density at radius 2 is 1.17 bits per heavy atom. The zero-order valence-corrected chi connectivity index (χ0v) is 25.2. The molecule has 6 nitrogen and oxygen atoms in total. The minimum atomic E-state index is -0.260. The molecule has 1 atom stereocenters. The first kappa shape index (κ1) is 29.4. The summed E-state index contributed by atoms with van der Waals surface area (Å²) in [6, 6.07) is 31.8. The fraction of sp³-hybridized carbons (Fsp3) is 0.206. The fourth-order valence-corrected chi connectivity index (χ4v) is 5.81. The van der Waals surface area contributed by atoms with E-state index in [1.165, 1.54) is 16.9 Å². The number of para-hydroxylation sites is 2. The van der Waals surface area contributed by atoms with Gasteiger partial charge in [0.2, 0.25) is 0 Å². The van der Waals surface area contributed by atoms with Crippen LogP contribution in [0.15, 0.2) is 97.1 Å². The van der Waals surface area contributed by atoms with Crippen LogP contribution in [-0.2, 0) is 17.6 Å². The van der Waals surface area contributed by atoms with Gasteiger partial charge in [-0.15, -0.1) is 0 Å². The van der Waals surface area contributed by atoms with E-state index in [4.69, 9.17) is 9.47 Å². The Morgan fingerprint density at radius 1 is 0.714 bits per heavy atom. The largest absolute Gasteiger partial charge is 0.431 e. The highest BCUT2D eigenvalue weighted by atomic mass is 32.1. The zero-order valence-electron chi connectivity index (χ0n) is 23.5. The molecule has 214 valence electrons. The van der Waals surface area contributed by atoms with Gasteiger partial charge in [0.25, 0.3) is 10.4 Å². The number of hydrogen-bond acceptors (Lipinski definition) is 8. The maximum Gasteiger partial charge on any atom is 0.279 e. The van der Waals surface area contributed by atoms with Crippen LogP contribution < -0.4 is 9.47 Å². The van der Waals surface area contributed by atoms with Crippen LogP contribution in [-0.4, -0.2) is 27.0 Å². The van der Waals surface area contributed by atoms with Crippen molar-refractivity contribution >= 4 is 48.9 Å². The average Bonchev–Trinajstić information content (AvgIpc) is 3.59. The maximum absolute atomic E-state index is 11.0. The highest BCUT2D eigenvalue weighted by molar-refractivity contribution is 7.20. The second kappa shape index (κ2) is 14.2. The number of aliphatic hydroxyl groups is 1. The molecule has 0 aliphatic carbocycles. The molecule has 2 heterocycles. The van der Waals surface area contributed by atoms with Crippen molar-refractivity contribution in [2.24, 2.45) is 0 Å². The van der Waals surface area contributed by atoms with E-state index in [1.54, 1.807) is 18.3 Å². The molecule has 0 fully saturated rings. The maximum atomic E-state index is 11.0. The molecule has 0 amide bonds. The number of carbonyl (C=O) groups excluding carboxylic acids is 1. The number of ketones is 1. The van der Waals surface area contributed by atoms with Crippen molar-refractivity contribution in [3.05, 3.63) is 108 Å². The van der Waals surface area contributed by atoms with Crippen LogP contribution in [0.5, 0.6) is 21.9 Å². The number of hydrogen-bond donors (Lipinski definition) is 1. The van der Waals surface area contributed by atoms with Crippen molar-refractivity contribution < 1.29 is 19.4 Å². The smallest absolute Gasteiger partial charge is 0.279 e. The molecule has 1 unspecified atom stereocenters. The van der Waals surface area contributed by atoms with Gasteiger partial charge in [-0.2, -0.15) is 0 Å². The molecular formula is C34H32N2O4S2. The Balaban J connectivity index is 0.000000168. The summed E-state index contributed by atoms with van der Waals surface area (Å²) < 4.78 is 13.8. The van der Waals surface area contributed by atoms with Crippen molar-refractivity contribution in [3.8, 4) is 21.9 Å². The van der Waals surface area contributed by atoms with E-state index < -0.39 is 0 Å². The highest BCUT2D eigenvalue weighted by Gasteiger charge is 2.07. The highest BCUT2D eigenvalue weighted by Crippen LogP contribution is 2.32. The molecule has 1 N–H and O–H groups in total. The van der Waals surface area contributed by atoms with Crippen LogP contribution in [0.4, 0.5) is 0 Å². The summed E-state index contributed by atoms with van der Waals surface area (Å²) in [5, 5.41) is 10.6. The number of Topliss-reactive ketones (excluding diaryl/α,β-unsaturated/α-hetero) is 1. The first-order chi connectivity index (χ1) is 20.4. The van der Waals surface area contributed by atoms with Crippen LogP contribution in [0.2, 0.25) is 0 Å². The lowest BCUT2D eigenvalue weighted by molar-refractivity contribution is -0.116. The molecule has 0 spiro atoms. The van der Waals surface area contributed by atoms with E-state index >= 15 is 0 Å². The van der Waals surface area contributed by atoms with Gasteiger partial charge in [0.05, 0.1) is 26.5 Å². The Morgan fingerprint density at radius 3 is 1.60 bits per heavy atom. The summed E-state index contributed by atoms with van der Waals surface area (Å²) in [6.07, 6.45) is 2.75. The van der Waals surface area contributed by atoms with Crippen molar-refractivity contribution in [1.82, 2.24) is 9.97 Å². The summed E-state index contributed by atoms with van der Waals surface area (Å²) in [6.45, 7) is 3.43. The van der Waals surface area contributed by atoms with Crippen LogP contribution in [0, 0.1) is 0 Å². The van der Waals surface area contributed by atoms with Crippen LogP contribution in [0.3, 0.4) is 0 Å². The van der Waals surface area contributed by atoms with Crippen LogP contribution in [0.1, 0.15) is 37.8 Å². The Labute approximate surface area is 253 Å². The zero-order chi connectivity index (χ0) is 29.3. The second-order valence-electron chi connectivity index (χ2n) is 9.98. The molecule has 0 saturated heterocycles. The molecule has 6 aromatic rings. The molecule has 0 radical (unpaired) electrons. The molecule has 42 heavy (non-hydrogen) atoms. The number of rotatable bonds is 10. The minimum Gasteiger partial charge on any atom is -0.431 e. The topological polar surface area (TPSA) is 81.5 Å². The number of aliphatic hydroxyl groups excluding tert-OH is 1. The summed E-state index contributed by atoms with van der Waals surface area (Å²) in [5.41, 5.74) is 4.26. The predicted octanol–water partition coefficient (Wildman–Crippen LogP) is 9.01. The Kier molecular flexibility index (Phi) is 9.92. The molecule has 8 heteroatoms. The number of fused-ring (bicyclic) bond motifs is 2. The molecular weight excluding hydrogens is 565 g/mol. The number of aromatic nitrogens is 2. The van der Waals surface area contributed by atoms with Gasteiger partial charge in [-0.25, -0.2) is 9.97 Å². The third kappa shape index (κ3) is 8.45. The van der Waals surface area contributed by atoms with Crippen molar-refractivity contribution in [2.45, 2.75) is 45.6 Å². The number of aryl methyl sites for hydroxylation is 2. The summed E-state index contributed by atoms with van der Waals surface area (Å²) in [5.74, 6) is 1.76. The van der Waals surface area contributed by atoms with Gasteiger partial charge < -0.3 is 19.4 Å². The Hall–Kier alpha value is -4.11. The number of ether oxygens (including phenoxy) is 2. The molecule has 0 saturated carbocycles. The first-order valence-corrected chi connectivity index (χ1v) is 15.5. The van der Waals surface area contributed by atoms with Gasteiger partial charge in [-0.1, -0.05) is 71.2 Å². The summed E-state index contributed by atoms with van der Waals surface area (Å²) in [7, 11) is 0. The third-order valence-electron chi connectivity index (χ3n) is 6.42.